The Morgan fingerprint density at radius 2 is 2.07 bits per heavy atom. The number of para-hydroxylation sites is 1. The number of anilines is 1. The van der Waals surface area contributed by atoms with Crippen molar-refractivity contribution in [2.24, 2.45) is 22.4 Å². The van der Waals surface area contributed by atoms with Crippen molar-refractivity contribution in [3.05, 3.63) is 53.6 Å². The van der Waals surface area contributed by atoms with Crippen molar-refractivity contribution in [2.75, 3.05) is 11.6 Å². The number of hydrazone groups is 1. The maximum absolute atomic E-state index is 13.1. The molecule has 1 aromatic carbocycles. The molecule has 5 heteroatoms. The zero-order valence-electron chi connectivity index (χ0n) is 15.9. The van der Waals surface area contributed by atoms with Crippen molar-refractivity contribution >= 4 is 23.3 Å². The van der Waals surface area contributed by atoms with Crippen LogP contribution in [0.25, 0.3) is 0 Å². The number of amides is 1. The largest absolute Gasteiger partial charge is 0.461 e. The summed E-state index contributed by atoms with van der Waals surface area (Å²) >= 11 is 0. The summed E-state index contributed by atoms with van der Waals surface area (Å²) in [7, 11) is 0. The Morgan fingerprint density at radius 1 is 1.33 bits per heavy atom. The minimum absolute atomic E-state index is 0.0888. The number of rotatable bonds is 4. The van der Waals surface area contributed by atoms with E-state index in [9.17, 15) is 9.59 Å². The minimum Gasteiger partial charge on any atom is -0.461 e. The number of nitrogens with zero attached hydrogens (tertiary/aromatic N) is 2. The van der Waals surface area contributed by atoms with Crippen LogP contribution < -0.4 is 5.01 Å². The van der Waals surface area contributed by atoms with Crippen LogP contribution in [0.1, 0.15) is 33.6 Å². The van der Waals surface area contributed by atoms with Crippen molar-refractivity contribution < 1.29 is 14.3 Å². The standard InChI is InChI=1S/C22H24N2O3/c1-4-27-21(26)19-17(12-14-10-11-15-13-18(14)22(15,2)3)20(25)24(23-19)16-8-6-5-7-9-16/h5-10,12,15,18H,4,11,13H2,1-3H3/b17-12-/t15-,18-/m0/s1. The van der Waals surface area contributed by atoms with Gasteiger partial charge in [-0.3, -0.25) is 4.79 Å². The van der Waals surface area contributed by atoms with Gasteiger partial charge >= 0.3 is 5.97 Å². The predicted octanol–water partition coefficient (Wildman–Crippen LogP) is 3.87. The summed E-state index contributed by atoms with van der Waals surface area (Å²) < 4.78 is 5.15. The van der Waals surface area contributed by atoms with E-state index in [2.05, 4.69) is 25.0 Å². The van der Waals surface area contributed by atoms with Crippen molar-refractivity contribution in [3.63, 3.8) is 0 Å². The van der Waals surface area contributed by atoms with Gasteiger partial charge < -0.3 is 4.74 Å². The Bertz CT molecular complexity index is 880. The highest BCUT2D eigenvalue weighted by Gasteiger charge is 2.51. The van der Waals surface area contributed by atoms with Crippen LogP contribution in [0.2, 0.25) is 0 Å². The van der Waals surface area contributed by atoms with Gasteiger partial charge in [0.25, 0.3) is 5.91 Å². The zero-order chi connectivity index (χ0) is 19.2. The molecule has 5 nitrogen and oxygen atoms in total. The van der Waals surface area contributed by atoms with Crippen molar-refractivity contribution in [1.29, 1.82) is 0 Å². The number of carbonyl (C=O) groups is 2. The fourth-order valence-electron chi connectivity index (χ4n) is 4.37. The highest BCUT2D eigenvalue weighted by molar-refractivity contribution is 6.53. The lowest BCUT2D eigenvalue weighted by Gasteiger charge is -2.56. The van der Waals surface area contributed by atoms with Gasteiger partial charge in [0, 0.05) is 0 Å². The number of esters is 1. The molecule has 140 valence electrons. The Kier molecular flexibility index (Phi) is 4.25. The summed E-state index contributed by atoms with van der Waals surface area (Å²) in [6.45, 7) is 6.55. The topological polar surface area (TPSA) is 59.0 Å². The fraction of sp³-hybridized carbons (Fsp3) is 0.409. The number of fused-ring (bicyclic) bond motifs is 1. The third kappa shape index (κ3) is 2.82. The van der Waals surface area contributed by atoms with Gasteiger partial charge in [0.15, 0.2) is 5.71 Å². The number of ether oxygens (including phenoxy) is 1. The number of allylic oxidation sites excluding steroid dienone is 3. The molecule has 27 heavy (non-hydrogen) atoms. The normalized spacial score (nSPS) is 27.1. The van der Waals surface area contributed by atoms with Gasteiger partial charge in [-0.2, -0.15) is 10.1 Å². The second kappa shape index (κ2) is 6.48. The lowest BCUT2D eigenvalue weighted by molar-refractivity contribution is -0.135. The summed E-state index contributed by atoms with van der Waals surface area (Å²) in [5, 5.41) is 5.60. The molecule has 1 aromatic rings. The lowest BCUT2D eigenvalue weighted by atomic mass is 9.49. The SMILES string of the molecule is CCOC(=O)C1=NN(c2ccccc2)C(=O)/C1=C\C1=CC[C@H]2C[C@@H]1C2(C)C. The van der Waals surface area contributed by atoms with Gasteiger partial charge in [-0.15, -0.1) is 0 Å². The van der Waals surface area contributed by atoms with E-state index in [4.69, 9.17) is 4.74 Å². The summed E-state index contributed by atoms with van der Waals surface area (Å²) in [4.78, 5) is 25.5. The molecule has 0 radical (unpaired) electrons. The summed E-state index contributed by atoms with van der Waals surface area (Å²) in [5.74, 6) is 0.288. The molecule has 1 amide bonds. The molecule has 1 aliphatic heterocycles. The second-order valence-electron chi connectivity index (χ2n) is 7.93. The summed E-state index contributed by atoms with van der Waals surface area (Å²) in [6.07, 6.45) is 6.23. The minimum atomic E-state index is -0.558. The van der Waals surface area contributed by atoms with E-state index in [1.165, 1.54) is 5.01 Å². The van der Waals surface area contributed by atoms with E-state index >= 15 is 0 Å². The highest BCUT2D eigenvalue weighted by atomic mass is 16.5. The van der Waals surface area contributed by atoms with Gasteiger partial charge in [0.1, 0.15) is 0 Å². The summed E-state index contributed by atoms with van der Waals surface area (Å²) in [6, 6.07) is 9.15. The van der Waals surface area contributed by atoms with Crippen LogP contribution in [0.3, 0.4) is 0 Å². The van der Waals surface area contributed by atoms with E-state index in [0.29, 0.717) is 23.1 Å². The first-order chi connectivity index (χ1) is 12.9. The Balaban J connectivity index is 1.72. The number of carbonyl (C=O) groups excluding carboxylic acids is 2. The molecule has 2 bridgehead atoms. The molecular formula is C22H24N2O3. The van der Waals surface area contributed by atoms with Gasteiger partial charge in [0.2, 0.25) is 0 Å². The molecule has 1 fully saturated rings. The van der Waals surface area contributed by atoms with E-state index in [1.54, 1.807) is 19.1 Å². The molecule has 1 heterocycles. The molecule has 0 saturated heterocycles. The molecule has 4 aliphatic rings. The van der Waals surface area contributed by atoms with Crippen LogP contribution in [0.4, 0.5) is 5.69 Å². The molecule has 0 unspecified atom stereocenters. The van der Waals surface area contributed by atoms with Crippen LogP contribution >= 0.6 is 0 Å². The monoisotopic (exact) mass is 364 g/mol. The molecule has 5 rings (SSSR count). The maximum Gasteiger partial charge on any atom is 0.359 e. The van der Waals surface area contributed by atoms with Gasteiger partial charge in [0.05, 0.1) is 17.9 Å². The highest BCUT2D eigenvalue weighted by Crippen LogP contribution is 2.59. The Hall–Kier alpha value is -2.69. The molecule has 0 spiro atoms. The van der Waals surface area contributed by atoms with Crippen molar-refractivity contribution in [2.45, 2.75) is 33.6 Å². The molecule has 0 N–H and O–H groups in total. The van der Waals surface area contributed by atoms with E-state index < -0.39 is 5.97 Å². The second-order valence-corrected chi connectivity index (χ2v) is 7.93. The smallest absolute Gasteiger partial charge is 0.359 e. The third-order valence-electron chi connectivity index (χ3n) is 6.17. The van der Waals surface area contributed by atoms with E-state index in [-0.39, 0.29) is 23.6 Å². The first-order valence-electron chi connectivity index (χ1n) is 9.50. The molecule has 0 aromatic heterocycles. The lowest BCUT2D eigenvalue weighted by Crippen LogP contribution is -2.47. The quantitative estimate of drug-likeness (QED) is 0.602. The average Bonchev–Trinajstić information content (AvgIpc) is 2.99. The van der Waals surface area contributed by atoms with Crippen LogP contribution in [-0.4, -0.2) is 24.2 Å². The third-order valence-corrected chi connectivity index (χ3v) is 6.17. The molecule has 3 aliphatic carbocycles. The maximum atomic E-state index is 13.1. The molecular weight excluding hydrogens is 340 g/mol. The summed E-state index contributed by atoms with van der Waals surface area (Å²) in [5.41, 5.74) is 2.42. The first-order valence-corrected chi connectivity index (χ1v) is 9.50. The molecule has 1 saturated carbocycles. The van der Waals surface area contributed by atoms with Crippen LogP contribution in [0.15, 0.2) is 58.7 Å². The van der Waals surface area contributed by atoms with Gasteiger partial charge in [-0.25, -0.2) is 4.79 Å². The van der Waals surface area contributed by atoms with Gasteiger partial charge in [-0.05, 0) is 60.8 Å². The predicted molar refractivity (Wildman–Crippen MR) is 104 cm³/mol. The van der Waals surface area contributed by atoms with Gasteiger partial charge in [-0.1, -0.05) is 38.1 Å². The number of hydrogen-bond donors (Lipinski definition) is 0. The van der Waals surface area contributed by atoms with E-state index in [1.807, 2.05) is 24.3 Å². The van der Waals surface area contributed by atoms with Crippen LogP contribution in [0, 0.1) is 17.3 Å². The van der Waals surface area contributed by atoms with Crippen molar-refractivity contribution in [3.8, 4) is 0 Å². The van der Waals surface area contributed by atoms with Crippen molar-refractivity contribution in [1.82, 2.24) is 0 Å². The first kappa shape index (κ1) is 17.7. The average molecular weight is 364 g/mol. The van der Waals surface area contributed by atoms with E-state index in [0.717, 1.165) is 18.4 Å². The fourth-order valence-corrected chi connectivity index (χ4v) is 4.37. The van der Waals surface area contributed by atoms with Crippen LogP contribution in [0.5, 0.6) is 0 Å². The molecule has 2 atom stereocenters. The number of benzene rings is 1. The Labute approximate surface area is 159 Å². The Morgan fingerprint density at radius 3 is 2.70 bits per heavy atom. The number of hydrogen-bond acceptors (Lipinski definition) is 4. The van der Waals surface area contributed by atoms with Crippen LogP contribution in [-0.2, 0) is 14.3 Å². The zero-order valence-corrected chi connectivity index (χ0v) is 15.9.